The van der Waals surface area contributed by atoms with Gasteiger partial charge in [0.05, 0.1) is 20.0 Å². The molecule has 0 N–H and O–H groups in total. The molecule has 1 aromatic rings. The Hall–Kier alpha value is -1.17. The molecule has 0 saturated heterocycles. The largest absolute Gasteiger partial charge is 0.468 e. The molecule has 0 saturated carbocycles. The van der Waals surface area contributed by atoms with Gasteiger partial charge in [-0.3, -0.25) is 0 Å². The maximum atomic E-state index is 12.3. The number of carbonyl (C=O) groups is 1. The van der Waals surface area contributed by atoms with Gasteiger partial charge in [-0.15, -0.1) is 5.10 Å². The Balaban J connectivity index is 2.85. The Labute approximate surface area is 110 Å². The van der Waals surface area contributed by atoms with Crippen LogP contribution in [0.15, 0.2) is 6.20 Å². The second-order valence-electron chi connectivity index (χ2n) is 6.07. The quantitative estimate of drug-likeness (QED) is 0.607. The van der Waals surface area contributed by atoms with Crippen LogP contribution in [0.25, 0.3) is 0 Å². The molecule has 5 nitrogen and oxygen atoms in total. The maximum absolute atomic E-state index is 12.3. The van der Waals surface area contributed by atoms with E-state index in [0.29, 0.717) is 12.7 Å². The third kappa shape index (κ3) is 3.41. The van der Waals surface area contributed by atoms with Crippen molar-refractivity contribution in [3.8, 4) is 0 Å². The molecule has 0 aliphatic rings. The van der Waals surface area contributed by atoms with Crippen LogP contribution in [0.5, 0.6) is 0 Å². The van der Waals surface area contributed by atoms with Crippen molar-refractivity contribution in [3.05, 3.63) is 11.9 Å². The molecule has 1 heterocycles. The molecule has 0 spiro atoms. The van der Waals surface area contributed by atoms with Gasteiger partial charge in [0.1, 0.15) is 0 Å². The molecule has 18 heavy (non-hydrogen) atoms. The molecule has 0 aromatic carbocycles. The SMILES string of the molecule is CCC(C)(C(=O)OC[Si](C)(C)C)n1cc(C)nn1. The fourth-order valence-electron chi connectivity index (χ4n) is 1.43. The van der Waals surface area contributed by atoms with Gasteiger partial charge in [-0.05, 0) is 20.3 Å². The Morgan fingerprint density at radius 1 is 1.50 bits per heavy atom. The highest BCUT2D eigenvalue weighted by molar-refractivity contribution is 6.76. The predicted molar refractivity (Wildman–Crippen MR) is 73.0 cm³/mol. The molecule has 1 rings (SSSR count). The van der Waals surface area contributed by atoms with Gasteiger partial charge in [-0.25, -0.2) is 9.48 Å². The third-order valence-electron chi connectivity index (χ3n) is 2.88. The Bertz CT molecular complexity index is 425. The number of carbonyl (C=O) groups excluding carboxylic acids is 1. The lowest BCUT2D eigenvalue weighted by atomic mass is 10.00. The molecule has 102 valence electrons. The number of hydrogen-bond acceptors (Lipinski definition) is 4. The highest BCUT2D eigenvalue weighted by atomic mass is 28.3. The predicted octanol–water partition coefficient (Wildman–Crippen LogP) is 2.13. The van der Waals surface area contributed by atoms with Crippen molar-refractivity contribution in [2.24, 2.45) is 0 Å². The van der Waals surface area contributed by atoms with E-state index in [2.05, 4.69) is 30.0 Å². The average molecular weight is 269 g/mol. The molecule has 6 heteroatoms. The van der Waals surface area contributed by atoms with Crippen LogP contribution < -0.4 is 0 Å². The molecule has 0 fully saturated rings. The van der Waals surface area contributed by atoms with E-state index in [1.807, 2.05) is 20.8 Å². The number of esters is 1. The molecule has 0 radical (unpaired) electrons. The first-order valence-corrected chi connectivity index (χ1v) is 9.96. The number of ether oxygens (including phenoxy) is 1. The van der Waals surface area contributed by atoms with Crippen LogP contribution in [0.3, 0.4) is 0 Å². The Morgan fingerprint density at radius 2 is 2.11 bits per heavy atom. The maximum Gasteiger partial charge on any atom is 0.333 e. The van der Waals surface area contributed by atoms with Gasteiger partial charge in [0.15, 0.2) is 5.54 Å². The van der Waals surface area contributed by atoms with Gasteiger partial charge in [0, 0.05) is 6.20 Å². The minimum Gasteiger partial charge on any atom is -0.468 e. The number of aryl methyl sites for hydroxylation is 1. The van der Waals surface area contributed by atoms with E-state index in [4.69, 9.17) is 4.74 Å². The molecule has 0 aliphatic heterocycles. The zero-order chi connectivity index (χ0) is 14.0. The van der Waals surface area contributed by atoms with Gasteiger partial charge in [-0.1, -0.05) is 31.8 Å². The average Bonchev–Trinajstić information content (AvgIpc) is 2.71. The molecule has 0 aliphatic carbocycles. The second-order valence-corrected chi connectivity index (χ2v) is 11.5. The summed E-state index contributed by atoms with van der Waals surface area (Å²) in [4.78, 5) is 12.3. The number of hydrogen-bond donors (Lipinski definition) is 0. The summed E-state index contributed by atoms with van der Waals surface area (Å²) in [5.41, 5.74) is 0.0358. The molecule has 1 aromatic heterocycles. The first-order chi connectivity index (χ1) is 8.19. The Morgan fingerprint density at radius 3 is 2.50 bits per heavy atom. The van der Waals surface area contributed by atoms with Crippen molar-refractivity contribution in [3.63, 3.8) is 0 Å². The summed E-state index contributed by atoms with van der Waals surface area (Å²) in [5, 5.41) is 7.94. The zero-order valence-corrected chi connectivity index (χ0v) is 13.1. The highest BCUT2D eigenvalue weighted by Crippen LogP contribution is 2.22. The summed E-state index contributed by atoms with van der Waals surface area (Å²) < 4.78 is 7.07. The number of nitrogens with zero attached hydrogens (tertiary/aromatic N) is 3. The molecule has 0 amide bonds. The van der Waals surface area contributed by atoms with Crippen molar-refractivity contribution in [2.75, 3.05) is 6.23 Å². The normalized spacial score (nSPS) is 15.2. The van der Waals surface area contributed by atoms with E-state index in [-0.39, 0.29) is 5.97 Å². The van der Waals surface area contributed by atoms with E-state index in [0.717, 1.165) is 5.69 Å². The monoisotopic (exact) mass is 269 g/mol. The first-order valence-electron chi connectivity index (χ1n) is 6.26. The summed E-state index contributed by atoms with van der Waals surface area (Å²) in [6.45, 7) is 12.2. The van der Waals surface area contributed by atoms with Crippen molar-refractivity contribution in [1.82, 2.24) is 15.0 Å². The van der Waals surface area contributed by atoms with Gasteiger partial charge >= 0.3 is 5.97 Å². The number of rotatable bonds is 5. The third-order valence-corrected chi connectivity index (χ3v) is 3.89. The molecule has 0 bridgehead atoms. The van der Waals surface area contributed by atoms with Crippen LogP contribution in [0.4, 0.5) is 0 Å². The first kappa shape index (κ1) is 14.9. The Kier molecular flexibility index (Phi) is 4.31. The van der Waals surface area contributed by atoms with Crippen LogP contribution >= 0.6 is 0 Å². The molecule has 1 atom stereocenters. The lowest BCUT2D eigenvalue weighted by Crippen LogP contribution is -2.43. The van der Waals surface area contributed by atoms with E-state index >= 15 is 0 Å². The van der Waals surface area contributed by atoms with Crippen LogP contribution in [-0.4, -0.2) is 35.3 Å². The van der Waals surface area contributed by atoms with Gasteiger partial charge in [-0.2, -0.15) is 0 Å². The summed E-state index contributed by atoms with van der Waals surface area (Å²) in [6.07, 6.45) is 2.94. The molecular weight excluding hydrogens is 246 g/mol. The fraction of sp³-hybridized carbons (Fsp3) is 0.750. The van der Waals surface area contributed by atoms with Gasteiger partial charge in [0.25, 0.3) is 0 Å². The topological polar surface area (TPSA) is 57.0 Å². The number of aromatic nitrogens is 3. The highest BCUT2D eigenvalue weighted by Gasteiger charge is 2.37. The summed E-state index contributed by atoms with van der Waals surface area (Å²) >= 11 is 0. The van der Waals surface area contributed by atoms with Crippen molar-refractivity contribution >= 4 is 14.0 Å². The lowest BCUT2D eigenvalue weighted by molar-refractivity contribution is -0.152. The molecular formula is C12H23N3O2Si. The summed E-state index contributed by atoms with van der Waals surface area (Å²) in [7, 11) is -1.40. The summed E-state index contributed by atoms with van der Waals surface area (Å²) in [5.74, 6) is -0.225. The minimum atomic E-state index is -1.40. The fourth-order valence-corrected chi connectivity index (χ4v) is 1.99. The van der Waals surface area contributed by atoms with Crippen molar-refractivity contribution in [2.45, 2.75) is 52.4 Å². The zero-order valence-electron chi connectivity index (χ0n) is 12.1. The second kappa shape index (κ2) is 5.22. The molecule has 1 unspecified atom stereocenters. The van der Waals surface area contributed by atoms with Crippen molar-refractivity contribution in [1.29, 1.82) is 0 Å². The van der Waals surface area contributed by atoms with Crippen LogP contribution in [0.2, 0.25) is 19.6 Å². The lowest BCUT2D eigenvalue weighted by Gasteiger charge is -2.27. The van der Waals surface area contributed by atoms with Crippen LogP contribution in [0, 0.1) is 6.92 Å². The van der Waals surface area contributed by atoms with E-state index in [9.17, 15) is 4.79 Å². The summed E-state index contributed by atoms with van der Waals surface area (Å²) in [6, 6.07) is 0. The van der Waals surface area contributed by atoms with E-state index < -0.39 is 13.6 Å². The van der Waals surface area contributed by atoms with Gasteiger partial charge < -0.3 is 4.74 Å². The van der Waals surface area contributed by atoms with Gasteiger partial charge in [0.2, 0.25) is 0 Å². The minimum absolute atomic E-state index is 0.225. The van der Waals surface area contributed by atoms with Crippen molar-refractivity contribution < 1.29 is 9.53 Å². The van der Waals surface area contributed by atoms with Crippen LogP contribution in [-0.2, 0) is 15.1 Å². The smallest absolute Gasteiger partial charge is 0.333 e. The van der Waals surface area contributed by atoms with E-state index in [1.165, 1.54) is 0 Å². The van der Waals surface area contributed by atoms with Crippen LogP contribution in [0.1, 0.15) is 26.0 Å². The standard InChI is InChI=1S/C12H23N3O2Si/c1-7-12(3,15-8-10(2)13-14-15)11(16)17-9-18(4,5)6/h8H,7,9H2,1-6H3. The van der Waals surface area contributed by atoms with E-state index in [1.54, 1.807) is 10.9 Å².